The molecule has 0 fully saturated rings. The summed E-state index contributed by atoms with van der Waals surface area (Å²) in [7, 11) is 0. The van der Waals surface area contributed by atoms with E-state index in [-0.39, 0.29) is 24.0 Å². The maximum atomic E-state index is 13.5. The van der Waals surface area contributed by atoms with Crippen molar-refractivity contribution in [3.05, 3.63) is 64.2 Å². The first kappa shape index (κ1) is 19.5. The number of thioether (sulfide) groups is 1. The minimum absolute atomic E-state index is 0.0288. The monoisotopic (exact) mass is 426 g/mol. The van der Waals surface area contributed by atoms with Gasteiger partial charge in [-0.25, -0.2) is 9.37 Å². The van der Waals surface area contributed by atoms with E-state index in [1.165, 1.54) is 12.1 Å². The highest BCUT2D eigenvalue weighted by Crippen LogP contribution is 2.25. The Morgan fingerprint density at radius 3 is 2.85 bits per heavy atom. The molecular formula is C17H13Cl2FN4O2S. The molecular weight excluding hydrogens is 414 g/mol. The summed E-state index contributed by atoms with van der Waals surface area (Å²) in [6, 6.07) is 10.9. The summed E-state index contributed by atoms with van der Waals surface area (Å²) in [5.74, 6) is -0.0868. The van der Waals surface area contributed by atoms with Crippen molar-refractivity contribution in [3.63, 3.8) is 0 Å². The topological polar surface area (TPSA) is 79.9 Å². The second-order valence-electron chi connectivity index (χ2n) is 5.24. The molecule has 0 aliphatic heterocycles. The molecule has 0 saturated carbocycles. The summed E-state index contributed by atoms with van der Waals surface area (Å²) in [5, 5.41) is 10.6. The largest absolute Gasteiger partial charge is 0.483 e. The minimum atomic E-state index is -0.454. The van der Waals surface area contributed by atoms with Gasteiger partial charge >= 0.3 is 0 Å². The Kier molecular flexibility index (Phi) is 6.54. The van der Waals surface area contributed by atoms with Gasteiger partial charge in [0, 0.05) is 5.02 Å². The van der Waals surface area contributed by atoms with Gasteiger partial charge < -0.3 is 10.1 Å². The number of nitrogens with zero attached hydrogens (tertiary/aromatic N) is 2. The van der Waals surface area contributed by atoms with Crippen LogP contribution in [0.1, 0.15) is 5.82 Å². The van der Waals surface area contributed by atoms with Crippen molar-refractivity contribution in [2.24, 2.45) is 0 Å². The Hall–Kier alpha value is -2.29. The highest BCUT2D eigenvalue weighted by molar-refractivity contribution is 7.99. The average molecular weight is 427 g/mol. The Bertz CT molecular complexity index is 954. The maximum absolute atomic E-state index is 13.5. The first-order valence-electron chi connectivity index (χ1n) is 7.67. The predicted octanol–water partition coefficient (Wildman–Crippen LogP) is 4.56. The van der Waals surface area contributed by atoms with E-state index in [0.29, 0.717) is 26.7 Å². The lowest BCUT2D eigenvalue weighted by molar-refractivity contribution is -0.113. The van der Waals surface area contributed by atoms with Gasteiger partial charge in [-0.2, -0.15) is 0 Å². The quantitative estimate of drug-likeness (QED) is 0.541. The van der Waals surface area contributed by atoms with Crippen molar-refractivity contribution >= 4 is 46.6 Å². The van der Waals surface area contributed by atoms with Gasteiger partial charge in [-0.15, -0.1) is 5.10 Å². The molecule has 140 valence electrons. The van der Waals surface area contributed by atoms with Crippen LogP contribution in [0.5, 0.6) is 5.75 Å². The highest BCUT2D eigenvalue weighted by atomic mass is 35.5. The molecule has 3 aromatic rings. The van der Waals surface area contributed by atoms with Crippen molar-refractivity contribution in [1.29, 1.82) is 0 Å². The standard InChI is InChI=1S/C17H13Cl2FN4O2S/c18-10-5-6-13(11(19)7-10)21-16(25)9-27-17-22-15(23-24-17)8-26-14-4-2-1-3-12(14)20/h1-7H,8-9H2,(H,21,25)(H,22,23,24). The lowest BCUT2D eigenvalue weighted by Crippen LogP contribution is -2.14. The number of aromatic amines is 1. The first-order chi connectivity index (χ1) is 13.0. The van der Waals surface area contributed by atoms with Gasteiger partial charge in [0.1, 0.15) is 6.61 Å². The van der Waals surface area contributed by atoms with E-state index in [9.17, 15) is 9.18 Å². The fourth-order valence-electron chi connectivity index (χ4n) is 2.02. The summed E-state index contributed by atoms with van der Waals surface area (Å²) in [6.45, 7) is 0.0288. The minimum Gasteiger partial charge on any atom is -0.483 e. The molecule has 2 aromatic carbocycles. The fraction of sp³-hybridized carbons (Fsp3) is 0.118. The Balaban J connectivity index is 1.49. The zero-order valence-corrected chi connectivity index (χ0v) is 16.0. The summed E-state index contributed by atoms with van der Waals surface area (Å²) < 4.78 is 18.8. The van der Waals surface area contributed by atoms with E-state index in [0.717, 1.165) is 11.8 Å². The number of halogens is 3. The SMILES string of the molecule is O=C(CSc1n[nH]c(COc2ccccc2F)n1)Nc1ccc(Cl)cc1Cl. The number of rotatable bonds is 7. The highest BCUT2D eigenvalue weighted by Gasteiger charge is 2.11. The van der Waals surface area contributed by atoms with Crippen molar-refractivity contribution in [3.8, 4) is 5.75 Å². The summed E-state index contributed by atoms with van der Waals surface area (Å²) in [4.78, 5) is 16.2. The molecule has 0 unspecified atom stereocenters. The van der Waals surface area contributed by atoms with Crippen LogP contribution >= 0.6 is 35.0 Å². The zero-order chi connectivity index (χ0) is 19.2. The molecule has 0 aliphatic rings. The molecule has 0 spiro atoms. The number of anilines is 1. The number of nitrogens with one attached hydrogen (secondary N) is 2. The van der Waals surface area contributed by atoms with Gasteiger partial charge in [0.05, 0.1) is 16.5 Å². The van der Waals surface area contributed by atoms with Gasteiger partial charge in [0.25, 0.3) is 0 Å². The van der Waals surface area contributed by atoms with Gasteiger partial charge in [-0.1, -0.05) is 47.1 Å². The molecule has 0 aliphatic carbocycles. The van der Waals surface area contributed by atoms with E-state index >= 15 is 0 Å². The average Bonchev–Trinajstić information content (AvgIpc) is 3.10. The van der Waals surface area contributed by atoms with E-state index in [1.54, 1.807) is 30.3 Å². The molecule has 3 rings (SSSR count). The summed E-state index contributed by atoms with van der Waals surface area (Å²) in [5.41, 5.74) is 0.473. The predicted molar refractivity (Wildman–Crippen MR) is 103 cm³/mol. The molecule has 1 aromatic heterocycles. The van der Waals surface area contributed by atoms with E-state index in [4.69, 9.17) is 27.9 Å². The van der Waals surface area contributed by atoms with Crippen LogP contribution in [0.2, 0.25) is 10.0 Å². The van der Waals surface area contributed by atoms with Gasteiger partial charge in [-0.3, -0.25) is 9.89 Å². The number of hydrogen-bond donors (Lipinski definition) is 2. The molecule has 1 heterocycles. The Morgan fingerprint density at radius 2 is 2.07 bits per heavy atom. The summed E-state index contributed by atoms with van der Waals surface area (Å²) >= 11 is 13.0. The zero-order valence-electron chi connectivity index (χ0n) is 13.7. The number of H-pyrrole nitrogens is 1. The van der Waals surface area contributed by atoms with Gasteiger partial charge in [-0.05, 0) is 30.3 Å². The molecule has 10 heteroatoms. The lowest BCUT2D eigenvalue weighted by Gasteiger charge is -2.06. The number of hydrogen-bond acceptors (Lipinski definition) is 5. The number of aromatic nitrogens is 3. The second-order valence-corrected chi connectivity index (χ2v) is 7.03. The lowest BCUT2D eigenvalue weighted by atomic mass is 10.3. The van der Waals surface area contributed by atoms with Crippen LogP contribution in [-0.4, -0.2) is 26.8 Å². The molecule has 0 atom stereocenters. The van der Waals surface area contributed by atoms with Crippen molar-refractivity contribution < 1.29 is 13.9 Å². The van der Waals surface area contributed by atoms with Crippen LogP contribution in [-0.2, 0) is 11.4 Å². The molecule has 27 heavy (non-hydrogen) atoms. The van der Waals surface area contributed by atoms with Gasteiger partial charge in [0.2, 0.25) is 11.1 Å². The van der Waals surface area contributed by atoms with Crippen LogP contribution in [0.25, 0.3) is 0 Å². The number of para-hydroxylation sites is 1. The molecule has 6 nitrogen and oxygen atoms in total. The Labute approximate surface area is 168 Å². The third kappa shape index (κ3) is 5.59. The van der Waals surface area contributed by atoms with Crippen LogP contribution in [0.3, 0.4) is 0 Å². The number of ether oxygens (including phenoxy) is 1. The van der Waals surface area contributed by atoms with Gasteiger partial charge in [0.15, 0.2) is 17.4 Å². The first-order valence-corrected chi connectivity index (χ1v) is 9.42. The Morgan fingerprint density at radius 1 is 1.26 bits per heavy atom. The van der Waals surface area contributed by atoms with E-state index in [2.05, 4.69) is 20.5 Å². The van der Waals surface area contributed by atoms with Crippen LogP contribution < -0.4 is 10.1 Å². The molecule has 1 amide bonds. The molecule has 0 bridgehead atoms. The number of amides is 1. The number of benzene rings is 2. The van der Waals surface area contributed by atoms with Crippen LogP contribution in [0, 0.1) is 5.82 Å². The third-order valence-corrected chi connectivity index (χ3v) is 4.64. The van der Waals surface area contributed by atoms with Crippen LogP contribution in [0.4, 0.5) is 10.1 Å². The molecule has 0 saturated heterocycles. The smallest absolute Gasteiger partial charge is 0.234 e. The maximum Gasteiger partial charge on any atom is 0.234 e. The summed E-state index contributed by atoms with van der Waals surface area (Å²) in [6.07, 6.45) is 0. The molecule has 0 radical (unpaired) electrons. The number of carbonyl (C=O) groups excluding carboxylic acids is 1. The third-order valence-electron chi connectivity index (χ3n) is 3.25. The van der Waals surface area contributed by atoms with E-state index in [1.807, 2.05) is 0 Å². The van der Waals surface area contributed by atoms with Crippen molar-refractivity contribution in [1.82, 2.24) is 15.2 Å². The van der Waals surface area contributed by atoms with Crippen LogP contribution in [0.15, 0.2) is 47.6 Å². The van der Waals surface area contributed by atoms with Crippen molar-refractivity contribution in [2.75, 3.05) is 11.1 Å². The fourth-order valence-corrected chi connectivity index (χ4v) is 3.10. The van der Waals surface area contributed by atoms with E-state index < -0.39 is 5.82 Å². The van der Waals surface area contributed by atoms with Crippen molar-refractivity contribution in [2.45, 2.75) is 11.8 Å². The normalized spacial score (nSPS) is 10.6. The number of carbonyl (C=O) groups is 1. The second kappa shape index (κ2) is 9.07. The molecule has 2 N–H and O–H groups in total.